The molecule has 1 aliphatic heterocycles. The van der Waals surface area contributed by atoms with E-state index in [1.54, 1.807) is 24.3 Å². The van der Waals surface area contributed by atoms with E-state index in [0.29, 0.717) is 23.4 Å². The minimum atomic E-state index is -0.458. The van der Waals surface area contributed by atoms with Gasteiger partial charge in [-0.3, -0.25) is 24.1 Å². The van der Waals surface area contributed by atoms with Crippen molar-refractivity contribution < 1.29 is 19.2 Å². The Hall–Kier alpha value is -2.61. The number of thioether (sulfide) groups is 1. The van der Waals surface area contributed by atoms with E-state index in [0.717, 1.165) is 4.90 Å². The Morgan fingerprint density at radius 3 is 2.35 bits per heavy atom. The summed E-state index contributed by atoms with van der Waals surface area (Å²) < 4.78 is 0. The zero-order valence-corrected chi connectivity index (χ0v) is 14.8. The van der Waals surface area contributed by atoms with Gasteiger partial charge in [0, 0.05) is 4.90 Å². The molecule has 3 N–H and O–H groups in total. The first-order chi connectivity index (χ1) is 12.5. The molecule has 4 amide bonds. The monoisotopic (exact) mass is 373 g/mol. The summed E-state index contributed by atoms with van der Waals surface area (Å²) in [7, 11) is 0. The maximum atomic E-state index is 12.4. The molecule has 1 aromatic carbocycles. The molecule has 3 rings (SSSR count). The number of nitrogens with zero attached hydrogens (tertiary/aromatic N) is 1. The molecule has 1 heterocycles. The third kappa shape index (κ3) is 3.80. The fraction of sp³-hybridized carbons (Fsp3) is 0.333. The summed E-state index contributed by atoms with van der Waals surface area (Å²) in [4.78, 5) is 49.9. The summed E-state index contributed by atoms with van der Waals surface area (Å²) in [5, 5.41) is 2.71. The van der Waals surface area contributed by atoms with Gasteiger partial charge in [0.1, 0.15) is 6.54 Å². The van der Waals surface area contributed by atoms with Crippen molar-refractivity contribution >= 4 is 41.1 Å². The first kappa shape index (κ1) is 18.2. The lowest BCUT2D eigenvalue weighted by atomic mass is 9.85. The molecular weight excluding hydrogens is 354 g/mol. The predicted octanol–water partition coefficient (Wildman–Crippen LogP) is 1.15. The van der Waals surface area contributed by atoms with Crippen LogP contribution in [0.1, 0.15) is 12.8 Å². The first-order valence-corrected chi connectivity index (χ1v) is 9.26. The quantitative estimate of drug-likeness (QED) is 0.442. The molecule has 1 aromatic rings. The van der Waals surface area contributed by atoms with Crippen molar-refractivity contribution in [1.29, 1.82) is 0 Å². The SMILES string of the molecule is NC(=O)CSc1ccccc1NC(=O)CN1C(=O)[C@H]2CC=CC[C@H]2C1=O. The van der Waals surface area contributed by atoms with Crippen LogP contribution in [0.5, 0.6) is 0 Å². The number of para-hydroxylation sites is 1. The van der Waals surface area contributed by atoms with Crippen molar-refractivity contribution in [2.45, 2.75) is 17.7 Å². The largest absolute Gasteiger partial charge is 0.369 e. The maximum absolute atomic E-state index is 12.4. The molecule has 1 fully saturated rings. The van der Waals surface area contributed by atoms with E-state index in [4.69, 9.17) is 5.73 Å². The van der Waals surface area contributed by atoms with Gasteiger partial charge < -0.3 is 11.1 Å². The number of nitrogens with one attached hydrogen (secondary N) is 1. The van der Waals surface area contributed by atoms with Crippen LogP contribution in [0.3, 0.4) is 0 Å². The third-order valence-corrected chi connectivity index (χ3v) is 5.53. The topological polar surface area (TPSA) is 110 Å². The first-order valence-electron chi connectivity index (χ1n) is 8.27. The zero-order chi connectivity index (χ0) is 18.7. The number of primary amides is 1. The summed E-state index contributed by atoms with van der Waals surface area (Å²) in [5.41, 5.74) is 5.67. The molecule has 7 nitrogen and oxygen atoms in total. The van der Waals surface area contributed by atoms with Crippen LogP contribution >= 0.6 is 11.8 Å². The van der Waals surface area contributed by atoms with Crippen LogP contribution in [0.2, 0.25) is 0 Å². The number of hydrogen-bond donors (Lipinski definition) is 2. The van der Waals surface area contributed by atoms with Crippen LogP contribution in [0.25, 0.3) is 0 Å². The summed E-state index contributed by atoms with van der Waals surface area (Å²) in [6.07, 6.45) is 4.89. The number of amides is 4. The summed E-state index contributed by atoms with van der Waals surface area (Å²) in [5.74, 6) is -2.08. The van der Waals surface area contributed by atoms with Gasteiger partial charge >= 0.3 is 0 Å². The third-order valence-electron chi connectivity index (χ3n) is 4.43. The van der Waals surface area contributed by atoms with Gasteiger partial charge in [-0.05, 0) is 25.0 Å². The predicted molar refractivity (Wildman–Crippen MR) is 97.1 cm³/mol. The molecule has 1 saturated heterocycles. The standard InChI is InChI=1S/C18H19N3O4S/c19-15(22)10-26-14-8-4-3-7-13(14)20-16(23)9-21-17(24)11-5-1-2-6-12(11)18(21)25/h1-4,7-8,11-12H,5-6,9-10H2,(H2,19,22)(H,20,23)/t11-,12+. The smallest absolute Gasteiger partial charge is 0.244 e. The number of hydrogen-bond acceptors (Lipinski definition) is 5. The number of fused-ring (bicyclic) bond motifs is 1. The Kier molecular flexibility index (Phi) is 5.41. The van der Waals surface area contributed by atoms with Crippen molar-refractivity contribution in [2.75, 3.05) is 17.6 Å². The average molecular weight is 373 g/mol. The molecule has 1 aliphatic carbocycles. The molecule has 0 radical (unpaired) electrons. The molecule has 26 heavy (non-hydrogen) atoms. The van der Waals surface area contributed by atoms with E-state index in [1.807, 2.05) is 12.2 Å². The van der Waals surface area contributed by atoms with Crippen LogP contribution in [-0.4, -0.2) is 40.8 Å². The second kappa shape index (κ2) is 7.74. The number of allylic oxidation sites excluding steroid dienone is 2. The fourth-order valence-corrected chi connectivity index (χ4v) is 3.95. The van der Waals surface area contributed by atoms with Gasteiger partial charge in [0.2, 0.25) is 23.6 Å². The molecule has 136 valence electrons. The molecule has 0 bridgehead atoms. The number of carbonyl (C=O) groups is 4. The number of nitrogens with two attached hydrogens (primary N) is 1. The van der Waals surface area contributed by atoms with E-state index in [2.05, 4.69) is 5.32 Å². The molecule has 8 heteroatoms. The average Bonchev–Trinajstić information content (AvgIpc) is 2.86. The highest BCUT2D eigenvalue weighted by molar-refractivity contribution is 8.00. The molecule has 0 spiro atoms. The molecule has 2 aliphatic rings. The highest BCUT2D eigenvalue weighted by Crippen LogP contribution is 2.35. The van der Waals surface area contributed by atoms with Gasteiger partial charge in [-0.2, -0.15) is 0 Å². The van der Waals surface area contributed by atoms with Gasteiger partial charge in [0.05, 0.1) is 23.3 Å². The van der Waals surface area contributed by atoms with Crippen LogP contribution in [-0.2, 0) is 19.2 Å². The second-order valence-electron chi connectivity index (χ2n) is 6.22. The number of imide groups is 1. The lowest BCUT2D eigenvalue weighted by molar-refractivity contribution is -0.142. The summed E-state index contributed by atoms with van der Waals surface area (Å²) in [6, 6.07) is 6.98. The fourth-order valence-electron chi connectivity index (χ4n) is 3.20. The minimum Gasteiger partial charge on any atom is -0.369 e. The number of rotatable bonds is 6. The molecule has 2 atom stereocenters. The van der Waals surface area contributed by atoms with E-state index in [9.17, 15) is 19.2 Å². The van der Waals surface area contributed by atoms with E-state index in [1.165, 1.54) is 11.8 Å². The highest BCUT2D eigenvalue weighted by atomic mass is 32.2. The van der Waals surface area contributed by atoms with E-state index < -0.39 is 11.8 Å². The molecular formula is C18H19N3O4S. The van der Waals surface area contributed by atoms with Crippen LogP contribution < -0.4 is 11.1 Å². The lowest BCUT2D eigenvalue weighted by Gasteiger charge is -2.15. The van der Waals surface area contributed by atoms with Crippen molar-refractivity contribution in [3.63, 3.8) is 0 Å². The van der Waals surface area contributed by atoms with E-state index in [-0.39, 0.29) is 35.9 Å². The molecule has 0 unspecified atom stereocenters. The Morgan fingerprint density at radius 2 is 1.73 bits per heavy atom. The van der Waals surface area contributed by atoms with E-state index >= 15 is 0 Å². The van der Waals surface area contributed by atoms with Crippen LogP contribution in [0.15, 0.2) is 41.3 Å². The normalized spacial score (nSPS) is 21.6. The Balaban J connectivity index is 1.65. The van der Waals surface area contributed by atoms with Gasteiger partial charge in [0.15, 0.2) is 0 Å². The van der Waals surface area contributed by atoms with Crippen LogP contribution in [0.4, 0.5) is 5.69 Å². The van der Waals surface area contributed by atoms with Gasteiger partial charge in [0.25, 0.3) is 0 Å². The van der Waals surface area contributed by atoms with Gasteiger partial charge in [-0.1, -0.05) is 24.3 Å². The van der Waals surface area contributed by atoms with Crippen molar-refractivity contribution in [1.82, 2.24) is 4.90 Å². The Bertz CT molecular complexity index is 766. The van der Waals surface area contributed by atoms with Gasteiger partial charge in [-0.15, -0.1) is 11.8 Å². The second-order valence-corrected chi connectivity index (χ2v) is 7.23. The number of benzene rings is 1. The van der Waals surface area contributed by atoms with Crippen LogP contribution in [0, 0.1) is 11.8 Å². The lowest BCUT2D eigenvalue weighted by Crippen LogP contribution is -2.38. The van der Waals surface area contributed by atoms with Gasteiger partial charge in [-0.25, -0.2) is 0 Å². The van der Waals surface area contributed by atoms with Crippen molar-refractivity contribution in [3.05, 3.63) is 36.4 Å². The Morgan fingerprint density at radius 1 is 1.12 bits per heavy atom. The van der Waals surface area contributed by atoms with Crippen molar-refractivity contribution in [2.24, 2.45) is 17.6 Å². The summed E-state index contributed by atoms with van der Waals surface area (Å²) in [6.45, 7) is -0.306. The molecule has 0 saturated carbocycles. The molecule has 0 aromatic heterocycles. The number of likely N-dealkylation sites (tertiary alicyclic amines) is 1. The highest BCUT2D eigenvalue weighted by Gasteiger charge is 2.47. The number of anilines is 1. The Labute approximate surface area is 155 Å². The minimum absolute atomic E-state index is 0.0896. The summed E-state index contributed by atoms with van der Waals surface area (Å²) >= 11 is 1.21. The van der Waals surface area contributed by atoms with Crippen molar-refractivity contribution in [3.8, 4) is 0 Å². The zero-order valence-electron chi connectivity index (χ0n) is 14.0. The number of carbonyl (C=O) groups excluding carboxylic acids is 4. The maximum Gasteiger partial charge on any atom is 0.244 e.